The fourth-order valence-electron chi connectivity index (χ4n) is 3.43. The Labute approximate surface area is 128 Å². The second-order valence-corrected chi connectivity index (χ2v) is 7.71. The first-order valence-corrected chi connectivity index (χ1v) is 9.04. The zero-order valence-electron chi connectivity index (χ0n) is 11.3. The van der Waals surface area contributed by atoms with Crippen LogP contribution in [0.3, 0.4) is 0 Å². The minimum atomic E-state index is 0.209. The van der Waals surface area contributed by atoms with Crippen molar-refractivity contribution in [2.75, 3.05) is 6.61 Å². The van der Waals surface area contributed by atoms with Crippen LogP contribution in [0.4, 0.5) is 0 Å². The molecular formula is C15H22BrNOS. The van der Waals surface area contributed by atoms with Gasteiger partial charge in [0, 0.05) is 28.5 Å². The van der Waals surface area contributed by atoms with Gasteiger partial charge in [-0.2, -0.15) is 0 Å². The Balaban J connectivity index is 1.55. The average Bonchev–Trinajstić information content (AvgIpc) is 2.83. The van der Waals surface area contributed by atoms with Gasteiger partial charge in [-0.25, -0.2) is 0 Å². The molecule has 0 bridgehead atoms. The maximum atomic E-state index is 6.15. The van der Waals surface area contributed by atoms with Gasteiger partial charge in [0.2, 0.25) is 0 Å². The smallest absolute Gasteiger partial charge is 0.0697 e. The van der Waals surface area contributed by atoms with Gasteiger partial charge < -0.3 is 10.1 Å². The van der Waals surface area contributed by atoms with E-state index in [0.717, 1.165) is 19.6 Å². The van der Waals surface area contributed by atoms with Crippen LogP contribution in [0.25, 0.3) is 0 Å². The van der Waals surface area contributed by atoms with Gasteiger partial charge in [0.15, 0.2) is 0 Å². The first kappa shape index (κ1) is 14.1. The lowest BCUT2D eigenvalue weighted by atomic mass is 9.78. The third-order valence-electron chi connectivity index (χ3n) is 4.50. The second-order valence-electron chi connectivity index (χ2n) is 5.85. The molecule has 2 nitrogen and oxygen atoms in total. The van der Waals surface area contributed by atoms with Crippen molar-refractivity contribution in [3.8, 4) is 0 Å². The summed E-state index contributed by atoms with van der Waals surface area (Å²) in [6.45, 7) is 1.92. The highest BCUT2D eigenvalue weighted by molar-refractivity contribution is 9.10. The zero-order chi connectivity index (χ0) is 13.1. The molecule has 0 radical (unpaired) electrons. The Kier molecular flexibility index (Phi) is 4.62. The minimum absolute atomic E-state index is 0.209. The van der Waals surface area contributed by atoms with Crippen molar-refractivity contribution >= 4 is 27.3 Å². The number of thiophene rings is 1. The molecule has 1 saturated heterocycles. The highest BCUT2D eigenvalue weighted by Gasteiger charge is 2.38. The standard InChI is InChI=1S/C15H22BrNOS/c16-13-5-9-19-14(13)11-17-12-4-8-18-15(10-12)6-2-1-3-7-15/h5,9,12,17H,1-4,6-8,10-11H2. The van der Waals surface area contributed by atoms with E-state index < -0.39 is 0 Å². The highest BCUT2D eigenvalue weighted by atomic mass is 79.9. The van der Waals surface area contributed by atoms with Gasteiger partial charge in [0.05, 0.1) is 5.60 Å². The molecule has 1 aromatic rings. The van der Waals surface area contributed by atoms with Crippen molar-refractivity contribution < 1.29 is 4.74 Å². The van der Waals surface area contributed by atoms with Crippen molar-refractivity contribution in [3.63, 3.8) is 0 Å². The summed E-state index contributed by atoms with van der Waals surface area (Å²) in [4.78, 5) is 1.41. The summed E-state index contributed by atoms with van der Waals surface area (Å²) in [6.07, 6.45) is 9.00. The Bertz CT molecular complexity index is 409. The molecule has 1 aromatic heterocycles. The summed E-state index contributed by atoms with van der Waals surface area (Å²) in [7, 11) is 0. The number of nitrogens with one attached hydrogen (secondary N) is 1. The minimum Gasteiger partial charge on any atom is -0.375 e. The van der Waals surface area contributed by atoms with Crippen LogP contribution in [-0.2, 0) is 11.3 Å². The van der Waals surface area contributed by atoms with E-state index >= 15 is 0 Å². The summed E-state index contributed by atoms with van der Waals surface area (Å²) < 4.78 is 7.39. The van der Waals surface area contributed by atoms with Gasteiger partial charge in [-0.3, -0.25) is 0 Å². The molecular weight excluding hydrogens is 322 g/mol. The van der Waals surface area contributed by atoms with E-state index in [9.17, 15) is 0 Å². The molecule has 1 unspecified atom stereocenters. The fourth-order valence-corrected chi connectivity index (χ4v) is 4.88. The van der Waals surface area contributed by atoms with Crippen LogP contribution in [0.15, 0.2) is 15.9 Å². The predicted molar refractivity (Wildman–Crippen MR) is 83.6 cm³/mol. The number of hydrogen-bond acceptors (Lipinski definition) is 3. The van der Waals surface area contributed by atoms with Gasteiger partial charge in [-0.1, -0.05) is 19.3 Å². The van der Waals surface area contributed by atoms with Crippen LogP contribution in [0.1, 0.15) is 49.8 Å². The lowest BCUT2D eigenvalue weighted by molar-refractivity contribution is -0.109. The molecule has 2 aliphatic rings. The van der Waals surface area contributed by atoms with Gasteiger partial charge >= 0.3 is 0 Å². The highest BCUT2D eigenvalue weighted by Crippen LogP contribution is 2.38. The maximum absolute atomic E-state index is 6.15. The molecule has 4 heteroatoms. The normalized spacial score (nSPS) is 26.7. The van der Waals surface area contributed by atoms with E-state index in [1.54, 1.807) is 0 Å². The van der Waals surface area contributed by atoms with Crippen molar-refractivity contribution in [2.24, 2.45) is 0 Å². The quantitative estimate of drug-likeness (QED) is 0.873. The monoisotopic (exact) mass is 343 g/mol. The first-order valence-electron chi connectivity index (χ1n) is 7.37. The van der Waals surface area contributed by atoms with E-state index in [0.29, 0.717) is 6.04 Å². The molecule has 1 atom stereocenters. The van der Waals surface area contributed by atoms with E-state index in [1.165, 1.54) is 47.9 Å². The molecule has 1 aliphatic heterocycles. The van der Waals surface area contributed by atoms with Gasteiger partial charge in [-0.15, -0.1) is 11.3 Å². The van der Waals surface area contributed by atoms with Crippen molar-refractivity contribution in [3.05, 3.63) is 20.8 Å². The number of hydrogen-bond donors (Lipinski definition) is 1. The summed E-state index contributed by atoms with van der Waals surface area (Å²) >= 11 is 5.43. The van der Waals surface area contributed by atoms with E-state index in [-0.39, 0.29) is 5.60 Å². The fraction of sp³-hybridized carbons (Fsp3) is 0.733. The lowest BCUT2D eigenvalue weighted by Gasteiger charge is -2.43. The van der Waals surface area contributed by atoms with Crippen molar-refractivity contribution in [1.29, 1.82) is 0 Å². The van der Waals surface area contributed by atoms with Gasteiger partial charge in [0.1, 0.15) is 0 Å². The van der Waals surface area contributed by atoms with Crippen LogP contribution in [0.5, 0.6) is 0 Å². The largest absolute Gasteiger partial charge is 0.375 e. The molecule has 19 heavy (non-hydrogen) atoms. The van der Waals surface area contributed by atoms with E-state index in [4.69, 9.17) is 4.74 Å². The Hall–Kier alpha value is 0.1000. The van der Waals surface area contributed by atoms with Crippen molar-refractivity contribution in [1.82, 2.24) is 5.32 Å². The van der Waals surface area contributed by atoms with E-state index in [1.807, 2.05) is 11.3 Å². The molecule has 2 heterocycles. The van der Waals surface area contributed by atoms with Gasteiger partial charge in [-0.05, 0) is 53.1 Å². The second kappa shape index (κ2) is 6.25. The Morgan fingerprint density at radius 2 is 2.21 bits per heavy atom. The molecule has 0 amide bonds. The molecule has 1 spiro atoms. The van der Waals surface area contributed by atoms with Crippen LogP contribution >= 0.6 is 27.3 Å². The van der Waals surface area contributed by atoms with Crippen LogP contribution in [0.2, 0.25) is 0 Å². The number of rotatable bonds is 3. The maximum Gasteiger partial charge on any atom is 0.0697 e. The van der Waals surface area contributed by atoms with Crippen LogP contribution in [0, 0.1) is 0 Å². The summed E-state index contributed by atoms with van der Waals surface area (Å²) in [6, 6.07) is 2.76. The molecule has 1 N–H and O–H groups in total. The topological polar surface area (TPSA) is 21.3 Å². The molecule has 0 aromatic carbocycles. The Morgan fingerprint density at radius 1 is 1.37 bits per heavy atom. The van der Waals surface area contributed by atoms with E-state index in [2.05, 4.69) is 32.7 Å². The summed E-state index contributed by atoms with van der Waals surface area (Å²) in [5, 5.41) is 5.88. The van der Waals surface area contributed by atoms with Gasteiger partial charge in [0.25, 0.3) is 0 Å². The lowest BCUT2D eigenvalue weighted by Crippen LogP contribution is -2.47. The Morgan fingerprint density at radius 3 is 2.95 bits per heavy atom. The number of halogens is 1. The zero-order valence-corrected chi connectivity index (χ0v) is 13.7. The SMILES string of the molecule is Brc1ccsc1CNC1CCOC2(CCCCC2)C1. The summed E-state index contributed by atoms with van der Waals surface area (Å²) in [5.41, 5.74) is 0.209. The number of ether oxygens (including phenoxy) is 1. The van der Waals surface area contributed by atoms with Crippen LogP contribution < -0.4 is 5.32 Å². The molecule has 1 aliphatic carbocycles. The molecule has 1 saturated carbocycles. The van der Waals surface area contributed by atoms with Crippen LogP contribution in [-0.4, -0.2) is 18.2 Å². The molecule has 2 fully saturated rings. The third-order valence-corrected chi connectivity index (χ3v) is 6.43. The third kappa shape index (κ3) is 3.41. The first-order chi connectivity index (χ1) is 9.27. The summed E-state index contributed by atoms with van der Waals surface area (Å²) in [5.74, 6) is 0. The molecule has 106 valence electrons. The molecule has 3 rings (SSSR count). The average molecular weight is 344 g/mol. The van der Waals surface area contributed by atoms with Crippen molar-refractivity contribution in [2.45, 2.75) is 63.1 Å². The predicted octanol–water partition coefficient (Wildman–Crippen LogP) is 4.48.